The van der Waals surface area contributed by atoms with Gasteiger partial charge in [0.15, 0.2) is 0 Å². The topological polar surface area (TPSA) is 51.2 Å². The first kappa shape index (κ1) is 15.6. The Kier molecular flexibility index (Phi) is 5.05. The summed E-state index contributed by atoms with van der Waals surface area (Å²) in [5, 5.41) is 0. The van der Waals surface area contributed by atoms with Gasteiger partial charge in [0.25, 0.3) is 0 Å². The fourth-order valence-electron chi connectivity index (χ4n) is 3.51. The predicted molar refractivity (Wildman–Crippen MR) is 81.0 cm³/mol. The molecule has 1 fully saturated rings. The van der Waals surface area contributed by atoms with Gasteiger partial charge in [-0.15, -0.1) is 0 Å². The summed E-state index contributed by atoms with van der Waals surface area (Å²) in [5.41, 5.74) is 0.924. The van der Waals surface area contributed by atoms with Crippen molar-refractivity contribution in [2.45, 2.75) is 45.4 Å². The first-order chi connectivity index (χ1) is 10.0. The van der Waals surface area contributed by atoms with E-state index in [9.17, 15) is 14.4 Å². The maximum atomic E-state index is 12.3. The monoisotopic (exact) mass is 286 g/mol. The summed E-state index contributed by atoms with van der Waals surface area (Å²) < 4.78 is 0. The molecule has 0 amide bonds. The minimum absolute atomic E-state index is 0.144. The van der Waals surface area contributed by atoms with Crippen molar-refractivity contribution in [1.82, 2.24) is 0 Å². The van der Waals surface area contributed by atoms with Gasteiger partial charge in [0, 0.05) is 18.3 Å². The molecule has 0 heterocycles. The van der Waals surface area contributed by atoms with Crippen LogP contribution in [0.25, 0.3) is 0 Å². The molecule has 0 aliphatic heterocycles. The van der Waals surface area contributed by atoms with Crippen molar-refractivity contribution in [3.63, 3.8) is 0 Å². The number of rotatable bonds is 5. The first-order valence-corrected chi connectivity index (χ1v) is 7.61. The summed E-state index contributed by atoms with van der Waals surface area (Å²) in [7, 11) is 0. The Bertz CT molecular complexity index is 519. The molecular formula is C18H22O3. The normalized spacial score (nSPS) is 20.3. The van der Waals surface area contributed by atoms with Crippen LogP contribution < -0.4 is 0 Å². The van der Waals surface area contributed by atoms with Gasteiger partial charge in [-0.2, -0.15) is 0 Å². The molecule has 1 aromatic carbocycles. The third kappa shape index (κ3) is 3.46. The Balaban J connectivity index is 2.45. The highest BCUT2D eigenvalue weighted by Crippen LogP contribution is 2.39. The number of hydrogen-bond acceptors (Lipinski definition) is 3. The summed E-state index contributed by atoms with van der Waals surface area (Å²) in [6.45, 7) is 2.91. The van der Waals surface area contributed by atoms with E-state index in [1.54, 1.807) is 0 Å². The van der Waals surface area contributed by atoms with E-state index in [2.05, 4.69) is 0 Å². The molecule has 0 N–H and O–H groups in total. The van der Waals surface area contributed by atoms with E-state index in [0.717, 1.165) is 24.8 Å². The van der Waals surface area contributed by atoms with Gasteiger partial charge in [-0.05, 0) is 32.3 Å². The third-order valence-electron chi connectivity index (χ3n) is 4.45. The molecule has 2 rings (SSSR count). The Hall–Kier alpha value is -1.77. The second-order valence-electron chi connectivity index (χ2n) is 5.95. The van der Waals surface area contributed by atoms with Crippen LogP contribution >= 0.6 is 0 Å². The summed E-state index contributed by atoms with van der Waals surface area (Å²) in [5.74, 6) is -1.32. The number of hydrogen-bond donors (Lipinski definition) is 0. The molecule has 0 radical (unpaired) electrons. The van der Waals surface area contributed by atoms with E-state index >= 15 is 0 Å². The Morgan fingerprint density at radius 2 is 1.67 bits per heavy atom. The second kappa shape index (κ2) is 6.79. The van der Waals surface area contributed by atoms with Gasteiger partial charge in [0.05, 0.1) is 5.92 Å². The molecule has 21 heavy (non-hydrogen) atoms. The fraction of sp³-hybridized carbons (Fsp3) is 0.500. The summed E-state index contributed by atoms with van der Waals surface area (Å²) in [6.07, 6.45) is 3.25. The molecule has 0 spiro atoms. The van der Waals surface area contributed by atoms with Crippen LogP contribution in [0.1, 0.15) is 51.0 Å². The number of Topliss-reactive ketones (excluding diaryl/α,β-unsaturated/α-hetero) is 3. The van der Waals surface area contributed by atoms with Gasteiger partial charge in [-0.3, -0.25) is 14.4 Å². The molecular weight excluding hydrogens is 264 g/mol. The van der Waals surface area contributed by atoms with Crippen LogP contribution in [0.4, 0.5) is 0 Å². The maximum absolute atomic E-state index is 12.3. The lowest BCUT2D eigenvalue weighted by atomic mass is 9.68. The molecule has 1 aliphatic carbocycles. The molecule has 0 bridgehead atoms. The van der Waals surface area contributed by atoms with Crippen molar-refractivity contribution in [2.24, 2.45) is 11.8 Å². The van der Waals surface area contributed by atoms with Gasteiger partial charge in [-0.25, -0.2) is 0 Å². The Morgan fingerprint density at radius 1 is 1.05 bits per heavy atom. The standard InChI is InChI=1S/C18H22O3/c1-12(19)17(13(2)20)18(14-8-4-3-5-9-14)15-10-6-7-11-16(15)21/h3-5,8-9,15,17-18H,6-7,10-11H2,1-2H3. The molecule has 0 saturated heterocycles. The minimum atomic E-state index is -0.709. The molecule has 2 atom stereocenters. The van der Waals surface area contributed by atoms with Crippen molar-refractivity contribution < 1.29 is 14.4 Å². The van der Waals surface area contributed by atoms with Crippen molar-refractivity contribution >= 4 is 17.3 Å². The van der Waals surface area contributed by atoms with Crippen LogP contribution in [0.2, 0.25) is 0 Å². The van der Waals surface area contributed by atoms with Crippen LogP contribution in [0.3, 0.4) is 0 Å². The average molecular weight is 286 g/mol. The SMILES string of the molecule is CC(=O)C(C(C)=O)C(c1ccccc1)C1CCCCC1=O. The van der Waals surface area contributed by atoms with E-state index < -0.39 is 5.92 Å². The van der Waals surface area contributed by atoms with Crippen LogP contribution in [0.15, 0.2) is 30.3 Å². The van der Waals surface area contributed by atoms with Crippen molar-refractivity contribution in [2.75, 3.05) is 0 Å². The van der Waals surface area contributed by atoms with Crippen LogP contribution in [0.5, 0.6) is 0 Å². The number of carbonyl (C=O) groups excluding carboxylic acids is 3. The molecule has 3 heteroatoms. The van der Waals surface area contributed by atoms with Gasteiger partial charge >= 0.3 is 0 Å². The smallest absolute Gasteiger partial charge is 0.140 e. The maximum Gasteiger partial charge on any atom is 0.140 e. The van der Waals surface area contributed by atoms with Crippen LogP contribution in [-0.2, 0) is 14.4 Å². The van der Waals surface area contributed by atoms with Crippen LogP contribution in [-0.4, -0.2) is 17.3 Å². The number of carbonyl (C=O) groups is 3. The molecule has 0 aromatic heterocycles. The minimum Gasteiger partial charge on any atom is -0.299 e. The molecule has 3 nitrogen and oxygen atoms in total. The number of ketones is 3. The van der Waals surface area contributed by atoms with E-state index in [1.165, 1.54) is 13.8 Å². The Labute approximate surface area is 125 Å². The molecule has 112 valence electrons. The van der Waals surface area contributed by atoms with E-state index in [-0.39, 0.29) is 29.2 Å². The van der Waals surface area contributed by atoms with Gasteiger partial charge < -0.3 is 0 Å². The quantitative estimate of drug-likeness (QED) is 0.780. The fourth-order valence-corrected chi connectivity index (χ4v) is 3.51. The highest BCUT2D eigenvalue weighted by atomic mass is 16.2. The van der Waals surface area contributed by atoms with Gasteiger partial charge in [-0.1, -0.05) is 36.8 Å². The zero-order chi connectivity index (χ0) is 15.4. The number of benzene rings is 1. The van der Waals surface area contributed by atoms with Crippen molar-refractivity contribution in [3.8, 4) is 0 Å². The molecule has 2 unspecified atom stereocenters. The first-order valence-electron chi connectivity index (χ1n) is 7.61. The zero-order valence-electron chi connectivity index (χ0n) is 12.7. The molecule has 1 saturated carbocycles. The average Bonchev–Trinajstić information content (AvgIpc) is 2.45. The lowest BCUT2D eigenvalue weighted by Crippen LogP contribution is -2.36. The summed E-state index contributed by atoms with van der Waals surface area (Å²) in [6, 6.07) is 9.54. The van der Waals surface area contributed by atoms with Crippen molar-refractivity contribution in [1.29, 1.82) is 0 Å². The summed E-state index contributed by atoms with van der Waals surface area (Å²) >= 11 is 0. The van der Waals surface area contributed by atoms with E-state index in [4.69, 9.17) is 0 Å². The highest BCUT2D eigenvalue weighted by molar-refractivity contribution is 6.02. The Morgan fingerprint density at radius 3 is 2.19 bits per heavy atom. The summed E-state index contributed by atoms with van der Waals surface area (Å²) in [4.78, 5) is 36.4. The molecule has 1 aromatic rings. The van der Waals surface area contributed by atoms with Gasteiger partial charge in [0.2, 0.25) is 0 Å². The molecule has 1 aliphatic rings. The largest absolute Gasteiger partial charge is 0.299 e. The zero-order valence-corrected chi connectivity index (χ0v) is 12.7. The van der Waals surface area contributed by atoms with Crippen LogP contribution in [0, 0.1) is 11.8 Å². The predicted octanol–water partition coefficient (Wildman–Crippen LogP) is 3.32. The lowest BCUT2D eigenvalue weighted by Gasteiger charge is -2.33. The van der Waals surface area contributed by atoms with Gasteiger partial charge in [0.1, 0.15) is 17.3 Å². The third-order valence-corrected chi connectivity index (χ3v) is 4.45. The van der Waals surface area contributed by atoms with Crippen molar-refractivity contribution in [3.05, 3.63) is 35.9 Å². The van der Waals surface area contributed by atoms with E-state index in [0.29, 0.717) is 6.42 Å². The lowest BCUT2D eigenvalue weighted by molar-refractivity contribution is -0.133. The van der Waals surface area contributed by atoms with E-state index in [1.807, 2.05) is 30.3 Å². The second-order valence-corrected chi connectivity index (χ2v) is 5.95. The highest BCUT2D eigenvalue weighted by Gasteiger charge is 2.40.